The molecule has 23 heavy (non-hydrogen) atoms. The molecule has 2 aromatic heterocycles. The molecule has 0 saturated heterocycles. The maximum atomic E-state index is 12.6. The van der Waals surface area contributed by atoms with Gasteiger partial charge in [0.1, 0.15) is 5.69 Å². The van der Waals surface area contributed by atoms with Crippen molar-refractivity contribution in [3.8, 4) is 11.3 Å². The van der Waals surface area contributed by atoms with Crippen molar-refractivity contribution in [3.63, 3.8) is 0 Å². The molecule has 0 amide bonds. The largest absolute Gasteiger partial charge is 0.464 e. The summed E-state index contributed by atoms with van der Waals surface area (Å²) in [6.45, 7) is 3.29. The van der Waals surface area contributed by atoms with E-state index < -0.39 is 17.8 Å². The number of pyridine rings is 2. The Hall–Kier alpha value is -2.64. The van der Waals surface area contributed by atoms with E-state index in [0.717, 1.165) is 12.3 Å². The van der Waals surface area contributed by atoms with E-state index >= 15 is 0 Å². The summed E-state index contributed by atoms with van der Waals surface area (Å²) in [6, 6.07) is 2.09. The van der Waals surface area contributed by atoms with Gasteiger partial charge in [-0.25, -0.2) is 9.78 Å². The lowest BCUT2D eigenvalue weighted by molar-refractivity contribution is -0.141. The highest BCUT2D eigenvalue weighted by Gasteiger charge is 2.32. The molecule has 2 aromatic rings. The summed E-state index contributed by atoms with van der Waals surface area (Å²) in [5.74, 6) is -0.671. The van der Waals surface area contributed by atoms with Crippen LogP contribution in [0.1, 0.15) is 27.3 Å². The first-order valence-corrected chi connectivity index (χ1v) is 6.55. The van der Waals surface area contributed by atoms with Gasteiger partial charge in [0.25, 0.3) is 0 Å². The van der Waals surface area contributed by atoms with Gasteiger partial charge in [0, 0.05) is 23.0 Å². The number of esters is 1. The van der Waals surface area contributed by atoms with Crippen LogP contribution < -0.4 is 5.73 Å². The normalized spacial score (nSPS) is 11.4. The van der Waals surface area contributed by atoms with Crippen LogP contribution in [-0.4, -0.2) is 23.0 Å². The van der Waals surface area contributed by atoms with Crippen molar-refractivity contribution in [2.45, 2.75) is 20.0 Å². The summed E-state index contributed by atoms with van der Waals surface area (Å²) in [5, 5.41) is 0. The van der Waals surface area contributed by atoms with Crippen molar-refractivity contribution < 1.29 is 22.7 Å². The standard InChI is InChI=1S/C15H14F3N3O2/c1-7-11(19)8(2)13(14(22)23-3)21-12(7)9-4-5-10(20-6-9)15(16,17)18/h4-6H,1-3H3,(H2,19,21). The number of hydrogen-bond acceptors (Lipinski definition) is 5. The molecule has 2 heterocycles. The summed E-state index contributed by atoms with van der Waals surface area (Å²) in [7, 11) is 1.21. The third kappa shape index (κ3) is 3.10. The van der Waals surface area contributed by atoms with Crippen molar-refractivity contribution in [2.24, 2.45) is 0 Å². The van der Waals surface area contributed by atoms with Crippen molar-refractivity contribution in [3.05, 3.63) is 40.8 Å². The number of alkyl halides is 3. The second-order valence-corrected chi connectivity index (χ2v) is 4.89. The first kappa shape index (κ1) is 16.7. The number of nitrogens with zero attached hydrogens (tertiary/aromatic N) is 2. The first-order chi connectivity index (χ1) is 10.7. The molecule has 2 N–H and O–H groups in total. The van der Waals surface area contributed by atoms with Crippen LogP contribution >= 0.6 is 0 Å². The Labute approximate surface area is 130 Å². The molecule has 122 valence electrons. The topological polar surface area (TPSA) is 78.1 Å². The number of ether oxygens (including phenoxy) is 1. The summed E-state index contributed by atoms with van der Waals surface area (Å²) in [5.41, 5.74) is 6.93. The molecule has 0 unspecified atom stereocenters. The van der Waals surface area contributed by atoms with Crippen LogP contribution in [0.25, 0.3) is 11.3 Å². The number of halogens is 3. The van der Waals surface area contributed by atoms with Gasteiger partial charge in [-0.05, 0) is 31.5 Å². The second-order valence-electron chi connectivity index (χ2n) is 4.89. The Morgan fingerprint density at radius 3 is 2.35 bits per heavy atom. The van der Waals surface area contributed by atoms with Gasteiger partial charge in [-0.1, -0.05) is 0 Å². The Kier molecular flexibility index (Phi) is 4.26. The third-order valence-electron chi connectivity index (χ3n) is 3.45. The summed E-state index contributed by atoms with van der Waals surface area (Å²) in [4.78, 5) is 19.3. The van der Waals surface area contributed by atoms with E-state index in [0.29, 0.717) is 22.4 Å². The van der Waals surface area contributed by atoms with Crippen molar-refractivity contribution in [1.82, 2.24) is 9.97 Å². The van der Waals surface area contributed by atoms with Gasteiger partial charge < -0.3 is 10.5 Å². The van der Waals surface area contributed by atoms with Gasteiger partial charge in [-0.2, -0.15) is 13.2 Å². The van der Waals surface area contributed by atoms with Gasteiger partial charge in [-0.15, -0.1) is 0 Å². The van der Waals surface area contributed by atoms with Crippen molar-refractivity contribution >= 4 is 11.7 Å². The van der Waals surface area contributed by atoms with Gasteiger partial charge in [-0.3, -0.25) is 4.98 Å². The van der Waals surface area contributed by atoms with Gasteiger partial charge in [0.05, 0.1) is 12.8 Å². The molecule has 8 heteroatoms. The smallest absolute Gasteiger partial charge is 0.433 e. The molecule has 0 aliphatic heterocycles. The zero-order valence-electron chi connectivity index (χ0n) is 12.7. The minimum atomic E-state index is -4.52. The number of hydrogen-bond donors (Lipinski definition) is 1. The monoisotopic (exact) mass is 325 g/mol. The molecule has 0 atom stereocenters. The molecule has 0 aliphatic rings. The molecule has 5 nitrogen and oxygen atoms in total. The van der Waals surface area contributed by atoms with E-state index in [1.54, 1.807) is 13.8 Å². The molecule has 0 radical (unpaired) electrons. The fraction of sp³-hybridized carbons (Fsp3) is 0.267. The van der Waals surface area contributed by atoms with E-state index in [1.807, 2.05) is 0 Å². The minimum Gasteiger partial charge on any atom is -0.464 e. The lowest BCUT2D eigenvalue weighted by atomic mass is 10.0. The van der Waals surface area contributed by atoms with E-state index in [4.69, 9.17) is 5.73 Å². The molecule has 0 spiro atoms. The molecule has 0 aliphatic carbocycles. The molecule has 0 aromatic carbocycles. The zero-order valence-corrected chi connectivity index (χ0v) is 12.7. The zero-order chi connectivity index (χ0) is 17.4. The molecule has 2 rings (SSSR count). The number of aromatic nitrogens is 2. The van der Waals surface area contributed by atoms with E-state index in [2.05, 4.69) is 14.7 Å². The Morgan fingerprint density at radius 1 is 1.22 bits per heavy atom. The SMILES string of the molecule is COC(=O)c1nc(-c2ccc(C(F)(F)F)nc2)c(C)c(N)c1C. The van der Waals surface area contributed by atoms with Crippen LogP contribution in [0.5, 0.6) is 0 Å². The quantitative estimate of drug-likeness (QED) is 0.858. The molecule has 0 bridgehead atoms. The highest BCUT2D eigenvalue weighted by atomic mass is 19.4. The lowest BCUT2D eigenvalue weighted by Gasteiger charge is -2.14. The average Bonchev–Trinajstić information content (AvgIpc) is 2.51. The minimum absolute atomic E-state index is 0.0190. The summed E-state index contributed by atoms with van der Waals surface area (Å²) >= 11 is 0. The van der Waals surface area contributed by atoms with Gasteiger partial charge in [0.15, 0.2) is 5.69 Å². The number of methoxy groups -OCH3 is 1. The molecular weight excluding hydrogens is 311 g/mol. The number of rotatable bonds is 2. The highest BCUT2D eigenvalue weighted by molar-refractivity contribution is 5.92. The van der Waals surface area contributed by atoms with Crippen LogP contribution in [0, 0.1) is 13.8 Å². The number of carbonyl (C=O) groups excluding carboxylic acids is 1. The predicted molar refractivity (Wildman–Crippen MR) is 77.7 cm³/mol. The van der Waals surface area contributed by atoms with E-state index in [1.165, 1.54) is 13.2 Å². The second kappa shape index (κ2) is 5.86. The van der Waals surface area contributed by atoms with Gasteiger partial charge in [0.2, 0.25) is 0 Å². The Morgan fingerprint density at radius 2 is 1.87 bits per heavy atom. The number of nitrogen functional groups attached to an aromatic ring is 1. The summed E-state index contributed by atoms with van der Waals surface area (Å²) in [6.07, 6.45) is -3.47. The van der Waals surface area contributed by atoms with E-state index in [-0.39, 0.29) is 11.4 Å². The van der Waals surface area contributed by atoms with Crippen LogP contribution in [0.4, 0.5) is 18.9 Å². The fourth-order valence-electron chi connectivity index (χ4n) is 2.09. The van der Waals surface area contributed by atoms with Crippen LogP contribution in [-0.2, 0) is 10.9 Å². The lowest BCUT2D eigenvalue weighted by Crippen LogP contribution is -2.12. The number of carbonyl (C=O) groups is 1. The Balaban J connectivity index is 2.59. The first-order valence-electron chi connectivity index (χ1n) is 6.55. The molecular formula is C15H14F3N3O2. The number of anilines is 1. The van der Waals surface area contributed by atoms with Crippen molar-refractivity contribution in [2.75, 3.05) is 12.8 Å². The van der Waals surface area contributed by atoms with Crippen LogP contribution in [0.15, 0.2) is 18.3 Å². The number of nitrogens with two attached hydrogens (primary N) is 1. The third-order valence-corrected chi connectivity index (χ3v) is 3.45. The summed E-state index contributed by atoms with van der Waals surface area (Å²) < 4.78 is 42.4. The molecule has 0 fully saturated rings. The van der Waals surface area contributed by atoms with E-state index in [9.17, 15) is 18.0 Å². The molecule has 0 saturated carbocycles. The predicted octanol–water partition coefficient (Wildman–Crippen LogP) is 3.15. The maximum Gasteiger partial charge on any atom is 0.433 e. The fourth-order valence-corrected chi connectivity index (χ4v) is 2.09. The van der Waals surface area contributed by atoms with Gasteiger partial charge >= 0.3 is 12.1 Å². The highest BCUT2D eigenvalue weighted by Crippen LogP contribution is 2.32. The Bertz CT molecular complexity index is 756. The van der Waals surface area contributed by atoms with Crippen molar-refractivity contribution in [1.29, 1.82) is 0 Å². The van der Waals surface area contributed by atoms with Crippen LogP contribution in [0.2, 0.25) is 0 Å². The maximum absolute atomic E-state index is 12.6. The average molecular weight is 325 g/mol. The van der Waals surface area contributed by atoms with Crippen LogP contribution in [0.3, 0.4) is 0 Å².